The van der Waals surface area contributed by atoms with Crippen molar-refractivity contribution in [1.29, 1.82) is 0 Å². The topological polar surface area (TPSA) is 65.4 Å². The van der Waals surface area contributed by atoms with Crippen LogP contribution in [0.25, 0.3) is 0 Å². The van der Waals surface area contributed by atoms with Crippen LogP contribution in [0, 0.1) is 5.82 Å². The molecule has 5 rings (SSSR count). The Kier molecular flexibility index (Phi) is 5.85. The van der Waals surface area contributed by atoms with E-state index in [-0.39, 0.29) is 42.5 Å². The van der Waals surface area contributed by atoms with Crippen LogP contribution in [-0.2, 0) is 20.9 Å². The minimum Gasteiger partial charge on any atom is -0.360 e. The Morgan fingerprint density at radius 3 is 2.15 bits per heavy atom. The zero-order valence-corrected chi connectivity index (χ0v) is 18.5. The zero-order valence-electron chi connectivity index (χ0n) is 18.5. The van der Waals surface area contributed by atoms with Crippen LogP contribution in [0.3, 0.4) is 0 Å². The SMILES string of the molecule is O=C1C[C@@H]([NH+]2CCN(c3ccc(F)cc3)CC2)C(=O)N1Cc1ccc(N2CCCC2=O)cc1. The molecule has 3 fully saturated rings. The molecule has 0 bridgehead atoms. The number of piperazine rings is 1. The van der Waals surface area contributed by atoms with Gasteiger partial charge in [-0.05, 0) is 48.4 Å². The molecule has 2 aromatic carbocycles. The Hall–Kier alpha value is -3.26. The fraction of sp³-hybridized carbons (Fsp3) is 0.400. The molecule has 3 heterocycles. The highest BCUT2D eigenvalue weighted by Crippen LogP contribution is 2.23. The summed E-state index contributed by atoms with van der Waals surface area (Å²) in [6, 6.07) is 13.7. The van der Waals surface area contributed by atoms with Crippen molar-refractivity contribution in [2.24, 2.45) is 0 Å². The Morgan fingerprint density at radius 2 is 1.52 bits per heavy atom. The number of nitrogens with zero attached hydrogens (tertiary/aromatic N) is 3. The van der Waals surface area contributed by atoms with E-state index in [9.17, 15) is 18.8 Å². The van der Waals surface area contributed by atoms with E-state index in [2.05, 4.69) is 4.90 Å². The van der Waals surface area contributed by atoms with E-state index in [0.29, 0.717) is 6.42 Å². The monoisotopic (exact) mass is 451 g/mol. The lowest BCUT2D eigenvalue weighted by molar-refractivity contribution is -0.915. The molecule has 2 aromatic rings. The van der Waals surface area contributed by atoms with E-state index in [4.69, 9.17) is 0 Å². The van der Waals surface area contributed by atoms with Gasteiger partial charge in [-0.2, -0.15) is 0 Å². The Balaban J connectivity index is 1.19. The predicted molar refractivity (Wildman–Crippen MR) is 121 cm³/mol. The molecule has 0 spiro atoms. The van der Waals surface area contributed by atoms with E-state index in [1.54, 1.807) is 17.0 Å². The van der Waals surface area contributed by atoms with Gasteiger partial charge in [0.1, 0.15) is 5.82 Å². The molecule has 7 nitrogen and oxygen atoms in total. The van der Waals surface area contributed by atoms with Crippen molar-refractivity contribution in [1.82, 2.24) is 4.90 Å². The third-order valence-corrected chi connectivity index (χ3v) is 7.00. The van der Waals surface area contributed by atoms with E-state index >= 15 is 0 Å². The summed E-state index contributed by atoms with van der Waals surface area (Å²) < 4.78 is 13.2. The maximum absolute atomic E-state index is 13.2. The number of carbonyl (C=O) groups excluding carboxylic acids is 3. The quantitative estimate of drug-likeness (QED) is 0.689. The fourth-order valence-electron chi connectivity index (χ4n) is 5.11. The summed E-state index contributed by atoms with van der Waals surface area (Å²) in [5.41, 5.74) is 2.72. The second kappa shape index (κ2) is 8.94. The van der Waals surface area contributed by atoms with Crippen molar-refractivity contribution >= 4 is 29.1 Å². The van der Waals surface area contributed by atoms with Crippen LogP contribution in [0.5, 0.6) is 0 Å². The number of carbonyl (C=O) groups is 3. The van der Waals surface area contributed by atoms with Crippen LogP contribution < -0.4 is 14.7 Å². The van der Waals surface area contributed by atoms with E-state index in [1.807, 2.05) is 24.3 Å². The summed E-state index contributed by atoms with van der Waals surface area (Å²) in [6.45, 7) is 4.03. The molecule has 3 aliphatic rings. The smallest absolute Gasteiger partial charge is 0.288 e. The Labute approximate surface area is 192 Å². The molecule has 8 heteroatoms. The molecule has 1 atom stereocenters. The molecule has 3 amide bonds. The minimum atomic E-state index is -0.339. The standard InChI is InChI=1S/C25H27FN4O3/c26-19-5-9-20(10-6-19)27-12-14-28(15-13-27)22-16-24(32)30(25(22)33)17-18-3-7-21(8-4-18)29-11-1-2-23(29)31/h3-10,22H,1-2,11-17H2/p+1/t22-/m1/s1. The van der Waals surface area contributed by atoms with Gasteiger partial charge in [0, 0.05) is 24.3 Å². The van der Waals surface area contributed by atoms with Gasteiger partial charge in [0.15, 0.2) is 6.04 Å². The number of hydrogen-bond donors (Lipinski definition) is 1. The maximum atomic E-state index is 13.2. The first kappa shape index (κ1) is 21.6. The number of nitrogens with one attached hydrogen (secondary N) is 1. The molecular formula is C25H28FN4O3+. The number of halogens is 1. The number of imide groups is 1. The Bertz CT molecular complexity index is 1050. The predicted octanol–water partition coefficient (Wildman–Crippen LogP) is 0.985. The van der Waals surface area contributed by atoms with Crippen molar-refractivity contribution < 1.29 is 23.7 Å². The van der Waals surface area contributed by atoms with E-state index < -0.39 is 0 Å². The van der Waals surface area contributed by atoms with Crippen LogP contribution in [0.1, 0.15) is 24.8 Å². The zero-order chi connectivity index (χ0) is 22.9. The van der Waals surface area contributed by atoms with Gasteiger partial charge < -0.3 is 14.7 Å². The summed E-state index contributed by atoms with van der Waals surface area (Å²) in [4.78, 5) is 44.2. The van der Waals surface area contributed by atoms with Gasteiger partial charge in [0.25, 0.3) is 5.91 Å². The third kappa shape index (κ3) is 4.35. The van der Waals surface area contributed by atoms with Gasteiger partial charge in [-0.25, -0.2) is 4.39 Å². The molecule has 0 radical (unpaired) electrons. The summed E-state index contributed by atoms with van der Waals surface area (Å²) in [6.07, 6.45) is 1.70. The third-order valence-electron chi connectivity index (χ3n) is 7.00. The lowest BCUT2D eigenvalue weighted by Crippen LogP contribution is -3.19. The number of amides is 3. The molecule has 0 aliphatic carbocycles. The maximum Gasteiger partial charge on any atom is 0.288 e. The first-order chi connectivity index (χ1) is 16.0. The van der Waals surface area contributed by atoms with E-state index in [0.717, 1.165) is 61.0 Å². The highest BCUT2D eigenvalue weighted by Gasteiger charge is 2.45. The number of anilines is 2. The minimum absolute atomic E-state index is 0.107. The number of rotatable bonds is 5. The summed E-state index contributed by atoms with van der Waals surface area (Å²) in [5.74, 6) is -0.350. The van der Waals surface area contributed by atoms with Crippen molar-refractivity contribution in [3.8, 4) is 0 Å². The van der Waals surface area contributed by atoms with Crippen LogP contribution in [0.15, 0.2) is 48.5 Å². The molecule has 3 aliphatic heterocycles. The summed E-state index contributed by atoms with van der Waals surface area (Å²) in [7, 11) is 0. The number of hydrogen-bond acceptors (Lipinski definition) is 4. The normalized spacial score (nSPS) is 22.0. The lowest BCUT2D eigenvalue weighted by atomic mass is 10.1. The molecule has 0 aromatic heterocycles. The Morgan fingerprint density at radius 1 is 0.848 bits per heavy atom. The number of quaternary nitrogens is 1. The fourth-order valence-corrected chi connectivity index (χ4v) is 5.11. The van der Waals surface area contributed by atoms with E-state index in [1.165, 1.54) is 17.0 Å². The summed E-state index contributed by atoms with van der Waals surface area (Å²) >= 11 is 0. The van der Waals surface area contributed by atoms with Crippen LogP contribution in [0.2, 0.25) is 0 Å². The molecule has 33 heavy (non-hydrogen) atoms. The highest BCUT2D eigenvalue weighted by atomic mass is 19.1. The van der Waals surface area contributed by atoms with Crippen molar-refractivity contribution in [2.75, 3.05) is 42.5 Å². The lowest BCUT2D eigenvalue weighted by Gasteiger charge is -2.35. The van der Waals surface area contributed by atoms with Gasteiger partial charge >= 0.3 is 0 Å². The second-order valence-electron chi connectivity index (χ2n) is 9.01. The van der Waals surface area contributed by atoms with Gasteiger partial charge in [-0.3, -0.25) is 19.3 Å². The van der Waals surface area contributed by atoms with Crippen LogP contribution in [0.4, 0.5) is 15.8 Å². The van der Waals surface area contributed by atoms with Gasteiger partial charge in [0.05, 0.1) is 39.1 Å². The number of benzene rings is 2. The first-order valence-corrected chi connectivity index (χ1v) is 11.6. The molecule has 172 valence electrons. The first-order valence-electron chi connectivity index (χ1n) is 11.6. The van der Waals surface area contributed by atoms with Crippen LogP contribution in [-0.4, -0.2) is 61.4 Å². The molecule has 3 saturated heterocycles. The number of likely N-dealkylation sites (tertiary alicyclic amines) is 1. The van der Waals surface area contributed by atoms with Gasteiger partial charge in [-0.1, -0.05) is 12.1 Å². The highest BCUT2D eigenvalue weighted by molar-refractivity contribution is 6.04. The van der Waals surface area contributed by atoms with Crippen molar-refractivity contribution in [3.63, 3.8) is 0 Å². The second-order valence-corrected chi connectivity index (χ2v) is 9.01. The van der Waals surface area contributed by atoms with Gasteiger partial charge in [-0.15, -0.1) is 0 Å². The largest absolute Gasteiger partial charge is 0.360 e. The van der Waals surface area contributed by atoms with Crippen molar-refractivity contribution in [3.05, 3.63) is 59.9 Å². The molecule has 0 unspecified atom stereocenters. The molecule has 1 N–H and O–H groups in total. The molecular weight excluding hydrogens is 423 g/mol. The summed E-state index contributed by atoms with van der Waals surface area (Å²) in [5, 5.41) is 0. The average molecular weight is 452 g/mol. The average Bonchev–Trinajstić information content (AvgIpc) is 3.38. The van der Waals surface area contributed by atoms with Crippen molar-refractivity contribution in [2.45, 2.75) is 31.8 Å². The van der Waals surface area contributed by atoms with Crippen LogP contribution >= 0.6 is 0 Å². The van der Waals surface area contributed by atoms with Gasteiger partial charge in [0.2, 0.25) is 11.8 Å². The molecule has 0 saturated carbocycles.